The van der Waals surface area contributed by atoms with Crippen LogP contribution in [0.15, 0.2) is 59.5 Å². The van der Waals surface area contributed by atoms with Gasteiger partial charge in [0.05, 0.1) is 28.7 Å². The lowest BCUT2D eigenvalue weighted by atomic mass is 10.1. The number of thiazole rings is 1. The number of pyridine rings is 1. The number of halogens is 1. The number of amides is 1. The molecule has 4 aromatic rings. The van der Waals surface area contributed by atoms with Crippen LogP contribution in [-0.2, 0) is 4.79 Å². The molecule has 9 heteroatoms. The second-order valence-corrected chi connectivity index (χ2v) is 9.78. The molecule has 4 rings (SSSR count). The molecule has 0 atom stereocenters. The highest BCUT2D eigenvalue weighted by atomic mass is 35.5. The second kappa shape index (κ2) is 10.8. The number of anilines is 1. The van der Waals surface area contributed by atoms with Gasteiger partial charge in [-0.25, -0.2) is 0 Å². The number of carbonyl (C=O) groups excluding carboxylic acids is 1. The normalized spacial score (nSPS) is 12.2. The molecule has 37 heavy (non-hydrogen) atoms. The van der Waals surface area contributed by atoms with Gasteiger partial charge in [-0.15, -0.1) is 11.3 Å². The summed E-state index contributed by atoms with van der Waals surface area (Å²) in [6.45, 7) is 5.58. The number of rotatable bonds is 5. The highest BCUT2D eigenvalue weighted by Crippen LogP contribution is 2.31. The smallest absolute Gasteiger partial charge is 0.273 e. The standard InChI is InChI=1S/C28H23ClN4O3S/c1-16-8-9-17(2)23(11-16)33-27(35)25(13-19-7-5-6-10-31-19)37-28(33)20(15-30)26(34)32-22-12-18(3)21(29)14-24(22)36-4/h5-14H,1-4H3,(H,32,34)/b25-13-,28-20-. The molecular formula is C28H23ClN4O3S. The Morgan fingerprint density at radius 2 is 1.95 bits per heavy atom. The predicted octanol–water partition coefficient (Wildman–Crippen LogP) is 4.02. The second-order valence-electron chi connectivity index (χ2n) is 8.34. The maximum atomic E-state index is 13.7. The van der Waals surface area contributed by atoms with Gasteiger partial charge in [0.2, 0.25) is 0 Å². The lowest BCUT2D eigenvalue weighted by Crippen LogP contribution is -2.32. The Hall–Kier alpha value is -4.19. The van der Waals surface area contributed by atoms with Crippen LogP contribution in [0.2, 0.25) is 5.02 Å². The Morgan fingerprint density at radius 1 is 1.16 bits per heavy atom. The SMILES string of the molecule is COc1cc(Cl)c(C)cc1NC(=O)/C(C#N)=c1\s/c(=C\c2ccccn2)c(=O)n1-c1cc(C)ccc1C. The maximum absolute atomic E-state index is 13.7. The van der Waals surface area contributed by atoms with Crippen LogP contribution in [0.4, 0.5) is 5.69 Å². The lowest BCUT2D eigenvalue weighted by molar-refractivity contribution is -0.111. The molecule has 0 fully saturated rings. The molecular weight excluding hydrogens is 508 g/mol. The van der Waals surface area contributed by atoms with Gasteiger partial charge in [0, 0.05) is 17.3 Å². The molecule has 0 aliphatic carbocycles. The van der Waals surface area contributed by atoms with E-state index in [1.807, 2.05) is 44.2 Å². The van der Waals surface area contributed by atoms with Crippen LogP contribution in [0.25, 0.3) is 17.3 Å². The fourth-order valence-corrected chi connectivity index (χ4v) is 4.97. The highest BCUT2D eigenvalue weighted by Gasteiger charge is 2.20. The number of carbonyl (C=O) groups is 1. The first-order valence-electron chi connectivity index (χ1n) is 11.3. The summed E-state index contributed by atoms with van der Waals surface area (Å²) in [4.78, 5) is 31.4. The zero-order valence-corrected chi connectivity index (χ0v) is 22.2. The largest absolute Gasteiger partial charge is 0.495 e. The van der Waals surface area contributed by atoms with Crippen molar-refractivity contribution < 1.29 is 9.53 Å². The van der Waals surface area contributed by atoms with Gasteiger partial charge in [0.25, 0.3) is 11.5 Å². The summed E-state index contributed by atoms with van der Waals surface area (Å²) in [5, 5.41) is 13.3. The Bertz CT molecular complexity index is 1730. The molecule has 7 nitrogen and oxygen atoms in total. The number of methoxy groups -OCH3 is 1. The van der Waals surface area contributed by atoms with E-state index in [1.165, 1.54) is 11.7 Å². The maximum Gasteiger partial charge on any atom is 0.273 e. The lowest BCUT2D eigenvalue weighted by Gasteiger charge is -2.12. The fourth-order valence-electron chi connectivity index (χ4n) is 3.74. The number of ether oxygens (including phenoxy) is 1. The Labute approximate surface area is 222 Å². The van der Waals surface area contributed by atoms with Gasteiger partial charge < -0.3 is 10.1 Å². The number of benzene rings is 2. The van der Waals surface area contributed by atoms with E-state index in [0.29, 0.717) is 32.4 Å². The summed E-state index contributed by atoms with van der Waals surface area (Å²) < 4.78 is 7.33. The van der Waals surface area contributed by atoms with Crippen LogP contribution in [0.3, 0.4) is 0 Å². The monoisotopic (exact) mass is 530 g/mol. The summed E-state index contributed by atoms with van der Waals surface area (Å²) >= 11 is 7.25. The average Bonchev–Trinajstić information content (AvgIpc) is 3.18. The number of aromatic nitrogens is 2. The first-order chi connectivity index (χ1) is 17.7. The summed E-state index contributed by atoms with van der Waals surface area (Å²) in [7, 11) is 1.46. The Balaban J connectivity index is 2.00. The molecule has 0 aliphatic rings. The molecule has 2 aromatic carbocycles. The van der Waals surface area contributed by atoms with Crippen molar-refractivity contribution in [1.82, 2.24) is 9.55 Å². The third-order valence-corrected chi connectivity index (χ3v) is 7.18. The molecule has 2 aromatic heterocycles. The minimum Gasteiger partial charge on any atom is -0.495 e. The minimum absolute atomic E-state index is 0.210. The minimum atomic E-state index is -0.674. The molecule has 0 radical (unpaired) electrons. The summed E-state index contributed by atoms with van der Waals surface area (Å²) in [6, 6.07) is 16.3. The van der Waals surface area contributed by atoms with Crippen LogP contribution in [0.5, 0.6) is 5.75 Å². The van der Waals surface area contributed by atoms with Gasteiger partial charge in [-0.2, -0.15) is 5.26 Å². The van der Waals surface area contributed by atoms with E-state index in [1.54, 1.807) is 43.5 Å². The number of nitriles is 1. The van der Waals surface area contributed by atoms with Crippen LogP contribution in [0, 0.1) is 32.1 Å². The van der Waals surface area contributed by atoms with E-state index in [2.05, 4.69) is 10.3 Å². The number of nitrogens with zero attached hydrogens (tertiary/aromatic N) is 3. The fraction of sp³-hybridized carbons (Fsp3) is 0.143. The first-order valence-corrected chi connectivity index (χ1v) is 12.4. The molecule has 2 heterocycles. The van der Waals surface area contributed by atoms with Crippen molar-refractivity contribution in [2.24, 2.45) is 0 Å². The van der Waals surface area contributed by atoms with E-state index in [-0.39, 0.29) is 15.8 Å². The molecule has 1 N–H and O–H groups in total. The van der Waals surface area contributed by atoms with Crippen molar-refractivity contribution >= 4 is 46.2 Å². The van der Waals surface area contributed by atoms with Crippen molar-refractivity contribution in [1.29, 1.82) is 5.26 Å². The Kier molecular flexibility index (Phi) is 7.58. The molecule has 0 saturated heterocycles. The van der Waals surface area contributed by atoms with E-state index in [9.17, 15) is 14.9 Å². The van der Waals surface area contributed by atoms with Gasteiger partial charge in [0.15, 0.2) is 5.57 Å². The van der Waals surface area contributed by atoms with Gasteiger partial charge in [-0.3, -0.25) is 19.1 Å². The molecule has 0 unspecified atom stereocenters. The third kappa shape index (κ3) is 5.33. The number of aryl methyl sites for hydroxylation is 3. The number of hydrogen-bond acceptors (Lipinski definition) is 6. The average molecular weight is 531 g/mol. The van der Waals surface area contributed by atoms with Gasteiger partial charge in [0.1, 0.15) is 16.5 Å². The van der Waals surface area contributed by atoms with Crippen LogP contribution in [-0.4, -0.2) is 22.6 Å². The van der Waals surface area contributed by atoms with E-state index in [0.717, 1.165) is 28.0 Å². The van der Waals surface area contributed by atoms with E-state index in [4.69, 9.17) is 16.3 Å². The van der Waals surface area contributed by atoms with Gasteiger partial charge >= 0.3 is 0 Å². The van der Waals surface area contributed by atoms with Crippen LogP contribution >= 0.6 is 22.9 Å². The molecule has 0 aliphatic heterocycles. The quantitative estimate of drug-likeness (QED) is 0.420. The van der Waals surface area contributed by atoms with E-state index >= 15 is 0 Å². The first kappa shape index (κ1) is 25.9. The van der Waals surface area contributed by atoms with Crippen molar-refractivity contribution in [3.63, 3.8) is 0 Å². The van der Waals surface area contributed by atoms with E-state index < -0.39 is 5.91 Å². The number of hydrogen-bond donors (Lipinski definition) is 1. The number of nitrogens with one attached hydrogen (secondary N) is 1. The van der Waals surface area contributed by atoms with Crippen molar-refractivity contribution in [2.45, 2.75) is 20.8 Å². The van der Waals surface area contributed by atoms with Crippen molar-refractivity contribution in [3.05, 3.63) is 102 Å². The summed E-state index contributed by atoms with van der Waals surface area (Å²) in [6.07, 6.45) is 3.28. The predicted molar refractivity (Wildman–Crippen MR) is 147 cm³/mol. The summed E-state index contributed by atoms with van der Waals surface area (Å²) in [5.41, 5.74) is 3.47. The molecule has 0 spiro atoms. The summed E-state index contributed by atoms with van der Waals surface area (Å²) in [5.74, 6) is -0.323. The Morgan fingerprint density at radius 3 is 2.62 bits per heavy atom. The topological polar surface area (TPSA) is 97.0 Å². The zero-order valence-electron chi connectivity index (χ0n) is 20.6. The zero-order chi connectivity index (χ0) is 26.7. The molecule has 0 bridgehead atoms. The van der Waals surface area contributed by atoms with Gasteiger partial charge in [-0.05, 0) is 67.8 Å². The van der Waals surface area contributed by atoms with Gasteiger partial charge in [-0.1, -0.05) is 29.8 Å². The van der Waals surface area contributed by atoms with Crippen molar-refractivity contribution in [2.75, 3.05) is 12.4 Å². The van der Waals surface area contributed by atoms with Crippen LogP contribution < -0.4 is 24.8 Å². The molecule has 186 valence electrons. The van der Waals surface area contributed by atoms with Crippen LogP contribution in [0.1, 0.15) is 22.4 Å². The highest BCUT2D eigenvalue weighted by molar-refractivity contribution is 7.07. The molecule has 1 amide bonds. The van der Waals surface area contributed by atoms with Crippen molar-refractivity contribution in [3.8, 4) is 17.5 Å². The third-order valence-electron chi connectivity index (χ3n) is 5.68. The molecule has 0 saturated carbocycles.